The molecular weight excluding hydrogens is 400 g/mol. The molecule has 124 valence electrons. The quantitative estimate of drug-likeness (QED) is 0.712. The predicted octanol–water partition coefficient (Wildman–Crippen LogP) is 3.41. The van der Waals surface area contributed by atoms with Gasteiger partial charge in [0.1, 0.15) is 17.1 Å². The summed E-state index contributed by atoms with van der Waals surface area (Å²) < 4.78 is 12.7. The topological polar surface area (TPSA) is 77.8 Å². The fourth-order valence-corrected chi connectivity index (χ4v) is 2.69. The van der Waals surface area contributed by atoms with Gasteiger partial charge in [-0.25, -0.2) is 9.50 Å². The summed E-state index contributed by atoms with van der Waals surface area (Å²) >= 11 is 9.37. The molecule has 1 aromatic carbocycles. The first-order valence-electron chi connectivity index (χ1n) is 6.75. The molecule has 24 heavy (non-hydrogen) atoms. The monoisotopic (exact) mass is 410 g/mol. The van der Waals surface area contributed by atoms with Gasteiger partial charge in [-0.3, -0.25) is 4.79 Å². The standard InChI is InChI=1S/C15H12BrClN4O3/c1-23-12-4-11(13(24-2)3-10(12)17)20-15(22)9-6-19-21-7-8(16)5-18-14(9)21/h3-7H,1-2H3,(H,20,22). The Morgan fingerprint density at radius 3 is 2.71 bits per heavy atom. The second kappa shape index (κ2) is 6.66. The number of methoxy groups -OCH3 is 2. The minimum Gasteiger partial charge on any atom is -0.495 e. The summed E-state index contributed by atoms with van der Waals surface area (Å²) in [6, 6.07) is 3.16. The smallest absolute Gasteiger partial charge is 0.261 e. The van der Waals surface area contributed by atoms with E-state index in [1.165, 1.54) is 24.9 Å². The molecule has 1 N–H and O–H groups in total. The number of aromatic nitrogens is 3. The third kappa shape index (κ3) is 3.02. The minimum absolute atomic E-state index is 0.332. The van der Waals surface area contributed by atoms with Crippen molar-refractivity contribution in [1.82, 2.24) is 14.6 Å². The van der Waals surface area contributed by atoms with Gasteiger partial charge < -0.3 is 14.8 Å². The molecule has 3 aromatic rings. The van der Waals surface area contributed by atoms with Crippen LogP contribution >= 0.6 is 27.5 Å². The van der Waals surface area contributed by atoms with Gasteiger partial charge in [-0.1, -0.05) is 11.6 Å². The van der Waals surface area contributed by atoms with Crippen molar-refractivity contribution in [3.8, 4) is 11.5 Å². The molecule has 0 radical (unpaired) electrons. The number of hydrogen-bond donors (Lipinski definition) is 1. The first-order valence-corrected chi connectivity index (χ1v) is 7.92. The fraction of sp³-hybridized carbons (Fsp3) is 0.133. The van der Waals surface area contributed by atoms with E-state index in [-0.39, 0.29) is 5.91 Å². The van der Waals surface area contributed by atoms with Crippen LogP contribution in [0.15, 0.2) is 35.2 Å². The normalized spacial score (nSPS) is 10.7. The van der Waals surface area contributed by atoms with Gasteiger partial charge in [-0.2, -0.15) is 5.10 Å². The zero-order chi connectivity index (χ0) is 17.3. The van der Waals surface area contributed by atoms with E-state index in [0.717, 1.165) is 4.47 Å². The van der Waals surface area contributed by atoms with E-state index in [1.54, 1.807) is 24.5 Å². The summed E-state index contributed by atoms with van der Waals surface area (Å²) in [4.78, 5) is 16.8. The number of carbonyl (C=O) groups is 1. The van der Waals surface area contributed by atoms with Crippen LogP contribution in [0.1, 0.15) is 10.4 Å². The molecule has 2 aromatic heterocycles. The van der Waals surface area contributed by atoms with E-state index < -0.39 is 0 Å². The summed E-state index contributed by atoms with van der Waals surface area (Å²) in [5, 5.41) is 7.27. The van der Waals surface area contributed by atoms with Crippen molar-refractivity contribution in [3.05, 3.63) is 45.8 Å². The van der Waals surface area contributed by atoms with Crippen LogP contribution in [0.3, 0.4) is 0 Å². The third-order valence-electron chi connectivity index (χ3n) is 3.29. The average Bonchev–Trinajstić information content (AvgIpc) is 2.98. The number of nitrogens with one attached hydrogen (secondary N) is 1. The zero-order valence-corrected chi connectivity index (χ0v) is 15.1. The number of amides is 1. The lowest BCUT2D eigenvalue weighted by molar-refractivity contribution is 0.102. The Bertz CT molecular complexity index is 928. The van der Waals surface area contributed by atoms with Crippen molar-refractivity contribution in [2.24, 2.45) is 0 Å². The lowest BCUT2D eigenvalue weighted by Gasteiger charge is -2.12. The summed E-state index contributed by atoms with van der Waals surface area (Å²) in [5.74, 6) is 0.471. The molecule has 0 spiro atoms. The van der Waals surface area contributed by atoms with E-state index in [1.807, 2.05) is 0 Å². The highest BCUT2D eigenvalue weighted by molar-refractivity contribution is 9.10. The molecule has 0 saturated heterocycles. The molecule has 0 atom stereocenters. The average molecular weight is 412 g/mol. The summed E-state index contributed by atoms with van der Waals surface area (Å²) in [5.41, 5.74) is 1.20. The molecule has 3 rings (SSSR count). The Balaban J connectivity index is 1.97. The van der Waals surface area contributed by atoms with Gasteiger partial charge in [0.05, 0.1) is 35.6 Å². The number of halogens is 2. The van der Waals surface area contributed by atoms with Crippen LogP contribution in [-0.2, 0) is 0 Å². The minimum atomic E-state index is -0.373. The van der Waals surface area contributed by atoms with Crippen molar-refractivity contribution in [3.63, 3.8) is 0 Å². The van der Waals surface area contributed by atoms with Crippen molar-refractivity contribution >= 4 is 44.8 Å². The Morgan fingerprint density at radius 2 is 2.00 bits per heavy atom. The van der Waals surface area contributed by atoms with Crippen molar-refractivity contribution in [2.45, 2.75) is 0 Å². The summed E-state index contributed by atoms with van der Waals surface area (Å²) in [6.45, 7) is 0. The molecule has 7 nitrogen and oxygen atoms in total. The van der Waals surface area contributed by atoms with Gasteiger partial charge in [0.2, 0.25) is 0 Å². The molecule has 0 saturated carbocycles. The van der Waals surface area contributed by atoms with Crippen LogP contribution < -0.4 is 14.8 Å². The highest BCUT2D eigenvalue weighted by Crippen LogP contribution is 2.36. The second-order valence-corrected chi connectivity index (χ2v) is 6.06. The van der Waals surface area contributed by atoms with Crippen molar-refractivity contribution < 1.29 is 14.3 Å². The predicted molar refractivity (Wildman–Crippen MR) is 93.2 cm³/mol. The SMILES string of the molecule is COc1cc(NC(=O)c2cnn3cc(Br)cnc23)c(OC)cc1Cl. The highest BCUT2D eigenvalue weighted by Gasteiger charge is 2.17. The Hall–Kier alpha value is -2.32. The summed E-state index contributed by atoms with van der Waals surface area (Å²) in [6.07, 6.45) is 4.76. The number of hydrogen-bond acceptors (Lipinski definition) is 5. The lowest BCUT2D eigenvalue weighted by atomic mass is 10.2. The number of ether oxygens (including phenoxy) is 2. The molecule has 9 heteroatoms. The Labute approximate surface area is 150 Å². The molecule has 2 heterocycles. The number of carbonyl (C=O) groups excluding carboxylic acids is 1. The Morgan fingerprint density at radius 1 is 1.25 bits per heavy atom. The number of fused-ring (bicyclic) bond motifs is 1. The van der Waals surface area contributed by atoms with Gasteiger partial charge in [0, 0.05) is 24.5 Å². The van der Waals surface area contributed by atoms with Crippen LogP contribution in [-0.4, -0.2) is 34.7 Å². The van der Waals surface area contributed by atoms with Gasteiger partial charge in [-0.15, -0.1) is 0 Å². The van der Waals surface area contributed by atoms with Crippen LogP contribution in [0.5, 0.6) is 11.5 Å². The van der Waals surface area contributed by atoms with Gasteiger partial charge >= 0.3 is 0 Å². The largest absolute Gasteiger partial charge is 0.495 e. The maximum atomic E-state index is 12.6. The van der Waals surface area contributed by atoms with E-state index in [4.69, 9.17) is 21.1 Å². The number of benzene rings is 1. The summed E-state index contributed by atoms with van der Waals surface area (Å²) in [7, 11) is 2.98. The maximum absolute atomic E-state index is 12.6. The zero-order valence-electron chi connectivity index (χ0n) is 12.7. The molecule has 0 aliphatic rings. The van der Waals surface area contributed by atoms with E-state index in [9.17, 15) is 4.79 Å². The molecule has 0 bridgehead atoms. The van der Waals surface area contributed by atoms with E-state index >= 15 is 0 Å². The van der Waals surface area contributed by atoms with Crippen LogP contribution in [0.2, 0.25) is 5.02 Å². The maximum Gasteiger partial charge on any atom is 0.261 e. The highest BCUT2D eigenvalue weighted by atomic mass is 79.9. The molecule has 0 aliphatic carbocycles. The molecular formula is C15H12BrClN4O3. The molecule has 0 fully saturated rings. The van der Waals surface area contributed by atoms with Gasteiger partial charge in [-0.05, 0) is 15.9 Å². The Kier molecular flexibility index (Phi) is 4.59. The number of anilines is 1. The first kappa shape index (κ1) is 16.5. The number of rotatable bonds is 4. The molecule has 1 amide bonds. The third-order valence-corrected chi connectivity index (χ3v) is 4.00. The fourth-order valence-electron chi connectivity index (χ4n) is 2.16. The van der Waals surface area contributed by atoms with Crippen LogP contribution in [0.25, 0.3) is 5.65 Å². The molecule has 0 unspecified atom stereocenters. The van der Waals surface area contributed by atoms with Gasteiger partial charge in [0.25, 0.3) is 5.91 Å². The van der Waals surface area contributed by atoms with E-state index in [0.29, 0.717) is 33.4 Å². The van der Waals surface area contributed by atoms with Crippen LogP contribution in [0, 0.1) is 0 Å². The van der Waals surface area contributed by atoms with Crippen molar-refractivity contribution in [1.29, 1.82) is 0 Å². The van der Waals surface area contributed by atoms with E-state index in [2.05, 4.69) is 31.3 Å². The lowest BCUT2D eigenvalue weighted by Crippen LogP contribution is -2.13. The molecule has 0 aliphatic heterocycles. The number of nitrogens with zero attached hydrogens (tertiary/aromatic N) is 3. The van der Waals surface area contributed by atoms with Gasteiger partial charge in [0.15, 0.2) is 5.65 Å². The van der Waals surface area contributed by atoms with Crippen LogP contribution in [0.4, 0.5) is 5.69 Å². The first-order chi connectivity index (χ1) is 11.5. The second-order valence-electron chi connectivity index (χ2n) is 4.74. The van der Waals surface area contributed by atoms with Crippen molar-refractivity contribution in [2.75, 3.05) is 19.5 Å².